The summed E-state index contributed by atoms with van der Waals surface area (Å²) in [4.78, 5) is 23.0. The van der Waals surface area contributed by atoms with Crippen molar-refractivity contribution in [3.8, 4) is 0 Å². The van der Waals surface area contributed by atoms with E-state index in [4.69, 9.17) is 4.74 Å². The number of hydrogen-bond donors (Lipinski definition) is 2. The van der Waals surface area contributed by atoms with Crippen LogP contribution >= 0.6 is 0 Å². The van der Waals surface area contributed by atoms with E-state index in [2.05, 4.69) is 10.6 Å². The third-order valence-electron chi connectivity index (χ3n) is 3.09. The molecule has 1 aliphatic rings. The molecule has 0 bridgehead atoms. The van der Waals surface area contributed by atoms with Gasteiger partial charge < -0.3 is 15.4 Å². The molecule has 1 radical (unpaired) electrons. The second kappa shape index (κ2) is 8.12. The Morgan fingerprint density at radius 1 is 1.20 bits per heavy atom. The topological polar surface area (TPSA) is 67.4 Å². The smallest absolute Gasteiger partial charge is 0.315 e. The number of esters is 1. The first-order valence-electron chi connectivity index (χ1n) is 7.47. The van der Waals surface area contributed by atoms with Crippen LogP contribution in [0.15, 0.2) is 0 Å². The number of urea groups is 1. The molecule has 0 spiro atoms. The number of ether oxygens (including phenoxy) is 1. The largest absolute Gasteiger partial charge is 0.460 e. The predicted octanol–water partition coefficient (Wildman–Crippen LogP) is 2.55. The highest BCUT2D eigenvalue weighted by molar-refractivity contribution is 5.79. The molecule has 1 saturated carbocycles. The Morgan fingerprint density at radius 2 is 1.85 bits per heavy atom. The van der Waals surface area contributed by atoms with Gasteiger partial charge in [0, 0.05) is 12.6 Å². The van der Waals surface area contributed by atoms with Gasteiger partial charge in [-0.05, 0) is 40.0 Å². The molecule has 2 N–H and O–H groups in total. The Balaban J connectivity index is 2.05. The Morgan fingerprint density at radius 3 is 2.45 bits per heavy atom. The molecule has 0 aromatic heterocycles. The Bertz CT molecular complexity index is 318. The van der Waals surface area contributed by atoms with E-state index in [1.807, 2.05) is 20.8 Å². The van der Waals surface area contributed by atoms with Gasteiger partial charge in [0.25, 0.3) is 0 Å². The highest BCUT2D eigenvalue weighted by atomic mass is 16.6. The fourth-order valence-corrected chi connectivity index (χ4v) is 2.20. The van der Waals surface area contributed by atoms with Crippen LogP contribution in [-0.2, 0) is 9.53 Å². The van der Waals surface area contributed by atoms with Crippen molar-refractivity contribution in [2.24, 2.45) is 0 Å². The maximum Gasteiger partial charge on any atom is 0.315 e. The minimum Gasteiger partial charge on any atom is -0.460 e. The lowest BCUT2D eigenvalue weighted by molar-refractivity contribution is -0.150. The highest BCUT2D eigenvalue weighted by Crippen LogP contribution is 2.17. The van der Waals surface area contributed by atoms with E-state index in [-0.39, 0.29) is 12.0 Å². The second-order valence-electron chi connectivity index (χ2n) is 6.26. The van der Waals surface area contributed by atoms with Crippen LogP contribution in [-0.4, -0.2) is 30.2 Å². The van der Waals surface area contributed by atoms with Gasteiger partial charge in [0.05, 0.1) is 6.42 Å². The van der Waals surface area contributed by atoms with Gasteiger partial charge in [0.1, 0.15) is 5.60 Å². The maximum atomic E-state index is 11.6. The van der Waals surface area contributed by atoms with Crippen molar-refractivity contribution < 1.29 is 14.3 Å². The van der Waals surface area contributed by atoms with Crippen molar-refractivity contribution >= 4 is 12.0 Å². The predicted molar refractivity (Wildman–Crippen MR) is 78.2 cm³/mol. The quantitative estimate of drug-likeness (QED) is 0.602. The number of amides is 2. The molecule has 0 heterocycles. The highest BCUT2D eigenvalue weighted by Gasteiger charge is 2.17. The fourth-order valence-electron chi connectivity index (χ4n) is 2.20. The molecular weight excluding hydrogens is 256 g/mol. The molecule has 20 heavy (non-hydrogen) atoms. The normalized spacial score (nSPS) is 16.6. The standard InChI is InChI=1S/C15H27N2O3/c1-15(2,3)20-13(18)10-7-11-16-14(19)17-12-8-5-4-6-9-12/h10,12H,4-9,11H2,1-3H3,(H2,16,17,19). The zero-order valence-corrected chi connectivity index (χ0v) is 12.8. The first-order chi connectivity index (χ1) is 9.37. The van der Waals surface area contributed by atoms with E-state index in [9.17, 15) is 9.59 Å². The van der Waals surface area contributed by atoms with Gasteiger partial charge >= 0.3 is 12.0 Å². The van der Waals surface area contributed by atoms with E-state index in [0.29, 0.717) is 19.0 Å². The van der Waals surface area contributed by atoms with Crippen LogP contribution in [0.1, 0.15) is 59.3 Å². The number of rotatable bonds is 5. The van der Waals surface area contributed by atoms with Crippen LogP contribution in [0.5, 0.6) is 0 Å². The summed E-state index contributed by atoms with van der Waals surface area (Å²) in [6, 6.07) is 0.160. The van der Waals surface area contributed by atoms with Gasteiger partial charge in [0.15, 0.2) is 0 Å². The summed E-state index contributed by atoms with van der Waals surface area (Å²) in [7, 11) is 0. The van der Waals surface area contributed by atoms with Crippen molar-refractivity contribution in [1.29, 1.82) is 0 Å². The molecule has 5 nitrogen and oxygen atoms in total. The van der Waals surface area contributed by atoms with Gasteiger partial charge in [-0.15, -0.1) is 0 Å². The SMILES string of the molecule is CC(C)(C)OC(=O)[CH]CCNC(=O)NC1CCCCC1. The van der Waals surface area contributed by atoms with Crippen molar-refractivity contribution in [2.45, 2.75) is 70.9 Å². The lowest BCUT2D eigenvalue weighted by Crippen LogP contribution is -2.43. The third-order valence-corrected chi connectivity index (χ3v) is 3.09. The van der Waals surface area contributed by atoms with Gasteiger partial charge in [-0.25, -0.2) is 4.79 Å². The van der Waals surface area contributed by atoms with Crippen molar-refractivity contribution in [3.63, 3.8) is 0 Å². The Hall–Kier alpha value is -1.26. The molecule has 1 rings (SSSR count). The zero-order chi connectivity index (χ0) is 15.0. The Labute approximate surface area is 121 Å². The van der Waals surface area contributed by atoms with Crippen LogP contribution in [0.4, 0.5) is 4.79 Å². The van der Waals surface area contributed by atoms with Crippen molar-refractivity contribution in [2.75, 3.05) is 6.54 Å². The zero-order valence-electron chi connectivity index (χ0n) is 12.8. The lowest BCUT2D eigenvalue weighted by Gasteiger charge is -2.23. The van der Waals surface area contributed by atoms with Gasteiger partial charge in [0.2, 0.25) is 0 Å². The van der Waals surface area contributed by atoms with E-state index in [0.717, 1.165) is 12.8 Å². The van der Waals surface area contributed by atoms with Crippen LogP contribution in [0, 0.1) is 6.42 Å². The summed E-state index contributed by atoms with van der Waals surface area (Å²) >= 11 is 0. The molecule has 0 unspecified atom stereocenters. The Kier molecular flexibility index (Phi) is 6.82. The molecule has 5 heteroatoms. The van der Waals surface area contributed by atoms with Crippen LogP contribution in [0.25, 0.3) is 0 Å². The summed E-state index contributed by atoms with van der Waals surface area (Å²) in [6.07, 6.45) is 7.73. The van der Waals surface area contributed by atoms with Gasteiger partial charge in [-0.3, -0.25) is 4.79 Å². The number of hydrogen-bond acceptors (Lipinski definition) is 3. The molecule has 0 saturated heterocycles. The average molecular weight is 283 g/mol. The lowest BCUT2D eigenvalue weighted by atomic mass is 9.96. The third kappa shape index (κ3) is 8.02. The average Bonchev–Trinajstić information content (AvgIpc) is 2.34. The van der Waals surface area contributed by atoms with E-state index >= 15 is 0 Å². The summed E-state index contributed by atoms with van der Waals surface area (Å²) in [5.41, 5.74) is -0.473. The van der Waals surface area contributed by atoms with E-state index in [1.165, 1.54) is 25.7 Å². The fraction of sp³-hybridized carbons (Fsp3) is 0.800. The first kappa shape index (κ1) is 16.8. The summed E-state index contributed by atoms with van der Waals surface area (Å²) < 4.78 is 5.14. The molecular formula is C15H27N2O3. The molecule has 115 valence electrons. The number of carbonyl (C=O) groups excluding carboxylic acids is 2. The van der Waals surface area contributed by atoms with E-state index < -0.39 is 5.60 Å². The number of carbonyl (C=O) groups is 2. The van der Waals surface area contributed by atoms with Crippen molar-refractivity contribution in [1.82, 2.24) is 10.6 Å². The molecule has 1 aliphatic carbocycles. The first-order valence-corrected chi connectivity index (χ1v) is 7.47. The summed E-state index contributed by atoms with van der Waals surface area (Å²) in [6.45, 7) is 5.93. The molecule has 0 aliphatic heterocycles. The summed E-state index contributed by atoms with van der Waals surface area (Å²) in [5.74, 6) is -0.341. The molecule has 1 fully saturated rings. The minimum atomic E-state index is -0.473. The molecule has 2 amide bonds. The monoisotopic (exact) mass is 283 g/mol. The van der Waals surface area contributed by atoms with Gasteiger partial charge in [-0.2, -0.15) is 0 Å². The second-order valence-corrected chi connectivity index (χ2v) is 6.26. The molecule has 0 atom stereocenters. The maximum absolute atomic E-state index is 11.6. The number of nitrogens with one attached hydrogen (secondary N) is 2. The summed E-state index contributed by atoms with van der Waals surface area (Å²) in [5, 5.41) is 5.72. The van der Waals surface area contributed by atoms with E-state index in [1.54, 1.807) is 0 Å². The van der Waals surface area contributed by atoms with Gasteiger partial charge in [-0.1, -0.05) is 19.3 Å². The molecule has 0 aromatic carbocycles. The van der Waals surface area contributed by atoms with Crippen LogP contribution < -0.4 is 10.6 Å². The van der Waals surface area contributed by atoms with Crippen molar-refractivity contribution in [3.05, 3.63) is 6.42 Å². The minimum absolute atomic E-state index is 0.144. The molecule has 0 aromatic rings. The van der Waals surface area contributed by atoms with Crippen LogP contribution in [0.3, 0.4) is 0 Å². The van der Waals surface area contributed by atoms with Crippen LogP contribution in [0.2, 0.25) is 0 Å².